The van der Waals surface area contributed by atoms with Gasteiger partial charge in [0.25, 0.3) is 0 Å². The van der Waals surface area contributed by atoms with Crippen molar-refractivity contribution in [2.75, 3.05) is 0 Å². The third-order valence-electron chi connectivity index (χ3n) is 12.4. The molecule has 62 heavy (non-hydrogen) atoms. The number of nitrogens with zero attached hydrogens (tertiary/aromatic N) is 4. The minimum atomic E-state index is 0.569. The van der Waals surface area contributed by atoms with Gasteiger partial charge in [0.05, 0.1) is 16.7 Å². The van der Waals surface area contributed by atoms with Gasteiger partial charge >= 0.3 is 0 Å². The first-order chi connectivity index (χ1) is 30.7. The summed E-state index contributed by atoms with van der Waals surface area (Å²) in [5, 5.41) is 11.7. The van der Waals surface area contributed by atoms with Gasteiger partial charge in [-0.15, -0.1) is 22.7 Å². The fraction of sp³-hybridized carbons (Fsp3) is 0. The summed E-state index contributed by atoms with van der Waals surface area (Å²) in [6.45, 7) is 0. The Balaban J connectivity index is 1.09. The molecule has 0 bridgehead atoms. The number of hydrogen-bond acceptors (Lipinski definition) is 6. The third kappa shape index (κ3) is 5.03. The van der Waals surface area contributed by atoms with Crippen molar-refractivity contribution in [3.05, 3.63) is 182 Å². The molecule has 0 radical (unpaired) electrons. The van der Waals surface area contributed by atoms with Crippen LogP contribution in [0.25, 0.3) is 135 Å². The van der Waals surface area contributed by atoms with Gasteiger partial charge in [0.2, 0.25) is 0 Å². The molecule has 0 saturated carbocycles. The van der Waals surface area contributed by atoms with E-state index in [1.807, 2.05) is 34.8 Å². The molecule has 5 heterocycles. The van der Waals surface area contributed by atoms with Gasteiger partial charge in [-0.3, -0.25) is 0 Å². The Bertz CT molecular complexity index is 4060. The fourth-order valence-corrected chi connectivity index (χ4v) is 11.7. The number of benzene rings is 9. The van der Waals surface area contributed by atoms with E-state index in [2.05, 4.69) is 174 Å². The van der Waals surface area contributed by atoms with Crippen LogP contribution in [0, 0.1) is 0 Å². The lowest BCUT2D eigenvalue weighted by Crippen LogP contribution is -2.04. The SMILES string of the molecule is c1ccc2cc3c(cc2c1)c1ccccc1n3-c1cc2c(cc1-c1nc(-c3ccc4sc5ccccc5c4c3)nc(-c3ccc4sc5ccccc5c4c3)n1)oc1ccccc12. The molecule has 5 aromatic heterocycles. The number of furan rings is 1. The van der Waals surface area contributed by atoms with Gasteiger partial charge in [0.15, 0.2) is 17.5 Å². The summed E-state index contributed by atoms with van der Waals surface area (Å²) in [6.07, 6.45) is 0. The highest BCUT2D eigenvalue weighted by molar-refractivity contribution is 7.26. The summed E-state index contributed by atoms with van der Waals surface area (Å²) in [6, 6.07) is 65.0. The van der Waals surface area contributed by atoms with E-state index in [0.717, 1.165) is 55.3 Å². The van der Waals surface area contributed by atoms with Crippen LogP contribution >= 0.6 is 22.7 Å². The minimum Gasteiger partial charge on any atom is -0.456 e. The first-order valence-electron chi connectivity index (χ1n) is 20.7. The highest BCUT2D eigenvalue weighted by atomic mass is 32.1. The Morgan fingerprint density at radius 3 is 1.60 bits per heavy atom. The van der Waals surface area contributed by atoms with E-state index < -0.39 is 0 Å². The number of aromatic nitrogens is 4. The lowest BCUT2D eigenvalue weighted by atomic mass is 10.0. The lowest BCUT2D eigenvalue weighted by Gasteiger charge is -2.15. The number of thiophene rings is 2. The van der Waals surface area contributed by atoms with Gasteiger partial charge < -0.3 is 8.98 Å². The van der Waals surface area contributed by atoms with E-state index >= 15 is 0 Å². The van der Waals surface area contributed by atoms with Crippen LogP contribution in [-0.2, 0) is 0 Å². The maximum Gasteiger partial charge on any atom is 0.166 e. The smallest absolute Gasteiger partial charge is 0.166 e. The molecule has 0 aliphatic carbocycles. The van der Waals surface area contributed by atoms with Gasteiger partial charge in [0, 0.05) is 78.6 Å². The van der Waals surface area contributed by atoms with Crippen molar-refractivity contribution in [1.29, 1.82) is 0 Å². The molecule has 0 unspecified atom stereocenters. The van der Waals surface area contributed by atoms with E-state index in [-0.39, 0.29) is 0 Å². The van der Waals surface area contributed by atoms with E-state index in [0.29, 0.717) is 17.5 Å². The zero-order chi connectivity index (χ0) is 40.5. The van der Waals surface area contributed by atoms with Crippen molar-refractivity contribution in [3.63, 3.8) is 0 Å². The second-order valence-corrected chi connectivity index (χ2v) is 18.1. The summed E-state index contributed by atoms with van der Waals surface area (Å²) < 4.78 is 14.0. The van der Waals surface area contributed by atoms with Crippen molar-refractivity contribution in [2.45, 2.75) is 0 Å². The predicted molar refractivity (Wildman–Crippen MR) is 261 cm³/mol. The Hall–Kier alpha value is -7.71. The van der Waals surface area contributed by atoms with Crippen LogP contribution < -0.4 is 0 Å². The minimum absolute atomic E-state index is 0.569. The molecule has 288 valence electrons. The van der Waals surface area contributed by atoms with Crippen molar-refractivity contribution >= 4 is 118 Å². The topological polar surface area (TPSA) is 56.7 Å². The molecule has 0 fully saturated rings. The highest BCUT2D eigenvalue weighted by Crippen LogP contribution is 2.43. The van der Waals surface area contributed by atoms with Crippen LogP contribution in [0.2, 0.25) is 0 Å². The summed E-state index contributed by atoms with van der Waals surface area (Å²) in [5.74, 6) is 1.79. The maximum atomic E-state index is 6.63. The summed E-state index contributed by atoms with van der Waals surface area (Å²) in [7, 11) is 0. The number of fused-ring (bicyclic) bond motifs is 13. The molecule has 0 aliphatic heterocycles. The van der Waals surface area contributed by atoms with Gasteiger partial charge in [-0.1, -0.05) is 97.1 Å². The van der Waals surface area contributed by atoms with Gasteiger partial charge in [-0.25, -0.2) is 15.0 Å². The second kappa shape index (κ2) is 12.9. The van der Waals surface area contributed by atoms with Crippen LogP contribution in [0.5, 0.6) is 0 Å². The van der Waals surface area contributed by atoms with Crippen molar-refractivity contribution < 1.29 is 4.42 Å². The maximum absolute atomic E-state index is 6.63. The average Bonchev–Trinajstić information content (AvgIpc) is 4.08. The average molecular weight is 827 g/mol. The quantitative estimate of drug-likeness (QED) is 0.177. The van der Waals surface area contributed by atoms with Gasteiger partial charge in [0.1, 0.15) is 11.2 Å². The molecule has 0 saturated heterocycles. The van der Waals surface area contributed by atoms with E-state index in [9.17, 15) is 0 Å². The Kier molecular flexibility index (Phi) is 7.08. The Morgan fingerprint density at radius 2 is 0.903 bits per heavy atom. The molecular formula is C55H30N4OS2. The Morgan fingerprint density at radius 1 is 0.355 bits per heavy atom. The molecule has 14 aromatic rings. The van der Waals surface area contributed by atoms with Crippen LogP contribution in [-0.4, -0.2) is 19.5 Å². The zero-order valence-electron chi connectivity index (χ0n) is 32.8. The van der Waals surface area contributed by atoms with E-state index in [4.69, 9.17) is 19.4 Å². The summed E-state index contributed by atoms with van der Waals surface area (Å²) in [4.78, 5) is 16.2. The van der Waals surface area contributed by atoms with Crippen molar-refractivity contribution in [1.82, 2.24) is 19.5 Å². The standard InChI is InChI=1S/C55H30N4OS2/c1-2-12-32-28-45-39(25-31(32)11-1)35-13-3-7-17-44(35)59(45)46-29-40-36-14-4-8-18-47(36)60-48(40)30-43(46)55-57-53(33-21-23-51-41(26-33)37-15-5-9-19-49(37)61-51)56-54(58-55)34-22-24-52-42(27-34)38-16-6-10-20-50(38)62-52/h1-30H. The van der Waals surface area contributed by atoms with E-state index in [1.165, 1.54) is 61.9 Å². The van der Waals surface area contributed by atoms with Crippen molar-refractivity contribution in [2.24, 2.45) is 0 Å². The first-order valence-corrected chi connectivity index (χ1v) is 22.3. The van der Waals surface area contributed by atoms with Gasteiger partial charge in [-0.05, 0) is 95.7 Å². The van der Waals surface area contributed by atoms with Crippen LogP contribution in [0.4, 0.5) is 0 Å². The number of rotatable bonds is 4. The number of para-hydroxylation sites is 2. The third-order valence-corrected chi connectivity index (χ3v) is 14.7. The second-order valence-electron chi connectivity index (χ2n) is 16.0. The monoisotopic (exact) mass is 826 g/mol. The normalized spacial score (nSPS) is 12.2. The summed E-state index contributed by atoms with van der Waals surface area (Å²) >= 11 is 3.62. The fourth-order valence-electron chi connectivity index (χ4n) is 9.52. The van der Waals surface area contributed by atoms with Crippen LogP contribution in [0.3, 0.4) is 0 Å². The molecule has 14 rings (SSSR count). The largest absolute Gasteiger partial charge is 0.456 e. The molecule has 0 N–H and O–H groups in total. The first kappa shape index (κ1) is 34.0. The van der Waals surface area contributed by atoms with Gasteiger partial charge in [-0.2, -0.15) is 0 Å². The predicted octanol–water partition coefficient (Wildman–Crippen LogP) is 15.8. The van der Waals surface area contributed by atoms with Crippen LogP contribution in [0.15, 0.2) is 186 Å². The van der Waals surface area contributed by atoms with Crippen LogP contribution in [0.1, 0.15) is 0 Å². The molecular weight excluding hydrogens is 797 g/mol. The van der Waals surface area contributed by atoms with E-state index in [1.54, 1.807) is 0 Å². The molecule has 0 spiro atoms. The zero-order valence-corrected chi connectivity index (χ0v) is 34.5. The molecule has 0 atom stereocenters. The molecule has 0 amide bonds. The molecule has 7 heteroatoms. The highest BCUT2D eigenvalue weighted by Gasteiger charge is 2.23. The lowest BCUT2D eigenvalue weighted by molar-refractivity contribution is 0.669. The van der Waals surface area contributed by atoms with Crippen molar-refractivity contribution in [3.8, 4) is 39.9 Å². The molecule has 0 aliphatic rings. The number of hydrogen-bond donors (Lipinski definition) is 0. The molecule has 5 nitrogen and oxygen atoms in total. The Labute approximate surface area is 361 Å². The molecule has 9 aromatic carbocycles. The summed E-state index contributed by atoms with van der Waals surface area (Å²) in [5.41, 5.74) is 7.50.